The number of amides is 2. The zero-order valence-corrected chi connectivity index (χ0v) is 17.9. The molecule has 3 aromatic carbocycles. The Morgan fingerprint density at radius 3 is 2.55 bits per heavy atom. The molecular formula is C26H22N4O3. The quantitative estimate of drug-likeness (QED) is 0.516. The van der Waals surface area contributed by atoms with Crippen LogP contribution in [0.1, 0.15) is 22.3 Å². The van der Waals surface area contributed by atoms with Gasteiger partial charge < -0.3 is 10.2 Å². The molecule has 0 saturated heterocycles. The first-order valence-corrected chi connectivity index (χ1v) is 10.8. The van der Waals surface area contributed by atoms with Crippen molar-refractivity contribution in [1.82, 2.24) is 9.55 Å². The summed E-state index contributed by atoms with van der Waals surface area (Å²) in [5.41, 5.74) is 3.77. The minimum absolute atomic E-state index is 0.0546. The van der Waals surface area contributed by atoms with Crippen LogP contribution in [0.5, 0.6) is 0 Å². The highest BCUT2D eigenvalue weighted by atomic mass is 16.2. The smallest absolute Gasteiger partial charge is 0.261 e. The van der Waals surface area contributed by atoms with Gasteiger partial charge in [0.25, 0.3) is 11.5 Å². The van der Waals surface area contributed by atoms with Crippen molar-refractivity contribution in [3.05, 3.63) is 101 Å². The summed E-state index contributed by atoms with van der Waals surface area (Å²) in [5.74, 6) is -0.274. The van der Waals surface area contributed by atoms with Crippen LogP contribution in [-0.4, -0.2) is 27.9 Å². The Morgan fingerprint density at radius 2 is 1.70 bits per heavy atom. The first kappa shape index (κ1) is 20.6. The number of nitrogens with one attached hydrogen (secondary N) is 1. The van der Waals surface area contributed by atoms with Gasteiger partial charge >= 0.3 is 0 Å². The zero-order chi connectivity index (χ0) is 22.8. The third-order valence-electron chi connectivity index (χ3n) is 5.86. The van der Waals surface area contributed by atoms with Crippen LogP contribution < -0.4 is 15.8 Å². The normalized spacial score (nSPS) is 12.5. The van der Waals surface area contributed by atoms with E-state index in [4.69, 9.17) is 0 Å². The predicted octanol–water partition coefficient (Wildman–Crippen LogP) is 3.63. The van der Waals surface area contributed by atoms with E-state index in [0.29, 0.717) is 28.7 Å². The Morgan fingerprint density at radius 1 is 0.939 bits per heavy atom. The van der Waals surface area contributed by atoms with Gasteiger partial charge in [-0.2, -0.15) is 0 Å². The van der Waals surface area contributed by atoms with Crippen LogP contribution in [-0.2, 0) is 17.8 Å². The SMILES string of the molecule is O=C(CCn1cnc2ccccc2c1=O)Nc1ccc(C(=O)N2CCc3ccccc32)cc1. The lowest BCUT2D eigenvalue weighted by molar-refractivity contribution is -0.116. The molecule has 0 saturated carbocycles. The van der Waals surface area contributed by atoms with E-state index in [1.54, 1.807) is 47.4 Å². The van der Waals surface area contributed by atoms with Gasteiger partial charge in [0, 0.05) is 36.4 Å². The molecule has 2 heterocycles. The number of carbonyl (C=O) groups excluding carboxylic acids is 2. The van der Waals surface area contributed by atoms with Gasteiger partial charge in [0.1, 0.15) is 0 Å². The van der Waals surface area contributed by atoms with Crippen molar-refractivity contribution in [2.24, 2.45) is 0 Å². The maximum absolute atomic E-state index is 12.9. The fourth-order valence-corrected chi connectivity index (χ4v) is 4.11. The topological polar surface area (TPSA) is 84.3 Å². The van der Waals surface area contributed by atoms with Gasteiger partial charge in [0.2, 0.25) is 5.91 Å². The molecule has 1 aliphatic rings. The number of fused-ring (bicyclic) bond motifs is 2. The number of hydrogen-bond acceptors (Lipinski definition) is 4. The van der Waals surface area contributed by atoms with E-state index < -0.39 is 0 Å². The second-order valence-corrected chi connectivity index (χ2v) is 7.97. The minimum atomic E-state index is -0.220. The van der Waals surface area contributed by atoms with Gasteiger partial charge in [0.15, 0.2) is 0 Å². The molecule has 164 valence electrons. The highest BCUT2D eigenvalue weighted by molar-refractivity contribution is 6.07. The molecule has 2 amide bonds. The molecule has 1 aromatic heterocycles. The fraction of sp³-hybridized carbons (Fsp3) is 0.154. The second kappa shape index (κ2) is 8.70. The molecule has 0 radical (unpaired) electrons. The average Bonchev–Trinajstić information content (AvgIpc) is 3.28. The zero-order valence-electron chi connectivity index (χ0n) is 17.9. The molecule has 5 rings (SSSR count). The number of aromatic nitrogens is 2. The number of hydrogen-bond donors (Lipinski definition) is 1. The fourth-order valence-electron chi connectivity index (χ4n) is 4.11. The van der Waals surface area contributed by atoms with Crippen LogP contribution in [0, 0.1) is 0 Å². The third-order valence-corrected chi connectivity index (χ3v) is 5.86. The summed E-state index contributed by atoms with van der Waals surface area (Å²) < 4.78 is 1.44. The summed E-state index contributed by atoms with van der Waals surface area (Å²) in [6.07, 6.45) is 2.45. The summed E-state index contributed by atoms with van der Waals surface area (Å²) in [6.45, 7) is 0.896. The van der Waals surface area contributed by atoms with Crippen LogP contribution >= 0.6 is 0 Å². The molecule has 7 heteroatoms. The molecule has 0 spiro atoms. The Hall–Kier alpha value is -4.26. The number of nitrogens with zero attached hydrogens (tertiary/aromatic N) is 3. The van der Waals surface area contributed by atoms with Crippen LogP contribution in [0.15, 0.2) is 83.9 Å². The third kappa shape index (κ3) is 4.13. The van der Waals surface area contributed by atoms with Crippen molar-refractivity contribution >= 4 is 34.1 Å². The highest BCUT2D eigenvalue weighted by Gasteiger charge is 2.25. The number of aryl methyl sites for hydroxylation is 1. The number of benzene rings is 3. The van der Waals surface area contributed by atoms with E-state index >= 15 is 0 Å². The Labute approximate surface area is 190 Å². The van der Waals surface area contributed by atoms with E-state index in [9.17, 15) is 14.4 Å². The lowest BCUT2D eigenvalue weighted by atomic mass is 10.1. The molecule has 33 heavy (non-hydrogen) atoms. The molecule has 0 aliphatic carbocycles. The Kier molecular flexibility index (Phi) is 5.44. The van der Waals surface area contributed by atoms with Crippen molar-refractivity contribution in [3.63, 3.8) is 0 Å². The van der Waals surface area contributed by atoms with E-state index in [1.807, 2.05) is 30.3 Å². The lowest BCUT2D eigenvalue weighted by Crippen LogP contribution is -2.28. The number of anilines is 2. The monoisotopic (exact) mass is 438 g/mol. The molecule has 0 bridgehead atoms. The van der Waals surface area contributed by atoms with Crippen LogP contribution in [0.2, 0.25) is 0 Å². The van der Waals surface area contributed by atoms with Gasteiger partial charge in [-0.3, -0.25) is 19.0 Å². The van der Waals surface area contributed by atoms with E-state index in [0.717, 1.165) is 12.1 Å². The molecule has 4 aromatic rings. The molecule has 0 unspecified atom stereocenters. The van der Waals surface area contributed by atoms with E-state index in [-0.39, 0.29) is 30.3 Å². The summed E-state index contributed by atoms with van der Waals surface area (Å²) in [4.78, 5) is 43.9. The summed E-state index contributed by atoms with van der Waals surface area (Å²) >= 11 is 0. The highest BCUT2D eigenvalue weighted by Crippen LogP contribution is 2.29. The molecule has 0 fully saturated rings. The first-order valence-electron chi connectivity index (χ1n) is 10.8. The largest absolute Gasteiger partial charge is 0.326 e. The lowest BCUT2D eigenvalue weighted by Gasteiger charge is -2.17. The maximum atomic E-state index is 12.9. The second-order valence-electron chi connectivity index (χ2n) is 7.97. The molecule has 0 atom stereocenters. The van der Waals surface area contributed by atoms with Crippen molar-refractivity contribution in [2.75, 3.05) is 16.8 Å². The first-order chi connectivity index (χ1) is 16.1. The minimum Gasteiger partial charge on any atom is -0.326 e. The number of para-hydroxylation sites is 2. The van der Waals surface area contributed by atoms with Gasteiger partial charge in [-0.05, 0) is 54.4 Å². The molecule has 1 N–H and O–H groups in total. The summed E-state index contributed by atoms with van der Waals surface area (Å²) in [6, 6.07) is 21.9. The van der Waals surface area contributed by atoms with Gasteiger partial charge in [0.05, 0.1) is 17.2 Å². The molecular weight excluding hydrogens is 416 g/mol. The Balaban J connectivity index is 1.21. The van der Waals surface area contributed by atoms with Crippen LogP contribution in [0.25, 0.3) is 10.9 Å². The molecule has 1 aliphatic heterocycles. The predicted molar refractivity (Wildman–Crippen MR) is 128 cm³/mol. The average molecular weight is 438 g/mol. The van der Waals surface area contributed by atoms with E-state index in [2.05, 4.69) is 10.3 Å². The number of carbonyl (C=O) groups is 2. The van der Waals surface area contributed by atoms with Crippen molar-refractivity contribution in [3.8, 4) is 0 Å². The molecule has 7 nitrogen and oxygen atoms in total. The van der Waals surface area contributed by atoms with Crippen LogP contribution in [0.4, 0.5) is 11.4 Å². The van der Waals surface area contributed by atoms with Gasteiger partial charge in [-0.25, -0.2) is 4.98 Å². The van der Waals surface area contributed by atoms with Gasteiger partial charge in [-0.1, -0.05) is 30.3 Å². The van der Waals surface area contributed by atoms with Crippen molar-refractivity contribution in [2.45, 2.75) is 19.4 Å². The maximum Gasteiger partial charge on any atom is 0.261 e. The summed E-state index contributed by atoms with van der Waals surface area (Å²) in [5, 5.41) is 3.35. The van der Waals surface area contributed by atoms with Gasteiger partial charge in [-0.15, -0.1) is 0 Å². The van der Waals surface area contributed by atoms with Crippen molar-refractivity contribution in [1.29, 1.82) is 0 Å². The number of rotatable bonds is 5. The summed E-state index contributed by atoms with van der Waals surface area (Å²) in [7, 11) is 0. The van der Waals surface area contributed by atoms with Crippen molar-refractivity contribution < 1.29 is 9.59 Å². The van der Waals surface area contributed by atoms with Crippen LogP contribution in [0.3, 0.4) is 0 Å². The van der Waals surface area contributed by atoms with E-state index in [1.165, 1.54) is 16.5 Å². The standard InChI is InChI=1S/C26H22N4O3/c31-24(14-15-29-17-27-22-7-3-2-6-21(22)26(29)33)28-20-11-9-19(10-12-20)25(32)30-16-13-18-5-1-4-8-23(18)30/h1-12,17H,13-16H2,(H,28,31). The Bertz CT molecular complexity index is 1410.